The van der Waals surface area contributed by atoms with Crippen LogP contribution in [0.1, 0.15) is 0 Å². The van der Waals surface area contributed by atoms with Gasteiger partial charge in [0.15, 0.2) is 0 Å². The lowest BCUT2D eigenvalue weighted by atomic mass is 10.6. The van der Waals surface area contributed by atoms with Crippen LogP contribution in [0.2, 0.25) is 0 Å². The predicted molar refractivity (Wildman–Crippen MR) is 53.6 cm³/mol. The van der Waals surface area contributed by atoms with Crippen LogP contribution >= 0.6 is 11.8 Å². The second-order valence-corrected chi connectivity index (χ2v) is 3.97. The molecule has 0 atom stereocenters. The van der Waals surface area contributed by atoms with Gasteiger partial charge in [-0.05, 0) is 17.8 Å². The first-order valence-electron chi connectivity index (χ1n) is 4.47. The van der Waals surface area contributed by atoms with Gasteiger partial charge in [0, 0.05) is 31.2 Å². The fourth-order valence-corrected chi connectivity index (χ4v) is 1.47. The minimum absolute atomic E-state index is 0.00344. The summed E-state index contributed by atoms with van der Waals surface area (Å²) in [4.78, 5) is 0. The lowest BCUT2D eigenvalue weighted by Crippen LogP contribution is -2.23. The van der Waals surface area contributed by atoms with Crippen molar-refractivity contribution < 1.29 is 13.2 Å². The van der Waals surface area contributed by atoms with E-state index in [1.165, 1.54) is 0 Å². The second kappa shape index (κ2) is 6.02. The fraction of sp³-hybridized carbons (Fsp3) is 0.625. The van der Waals surface area contributed by atoms with E-state index in [0.717, 1.165) is 0 Å². The van der Waals surface area contributed by atoms with Crippen molar-refractivity contribution in [1.29, 1.82) is 0 Å². The average Bonchev–Trinajstić information content (AvgIpc) is 2.61. The molecular formula is C8H12F3N3S. The van der Waals surface area contributed by atoms with Crippen molar-refractivity contribution in [2.75, 3.05) is 18.8 Å². The number of hydrogen-bond donors (Lipinski definition) is 1. The molecule has 0 saturated carbocycles. The molecule has 0 fully saturated rings. The van der Waals surface area contributed by atoms with Gasteiger partial charge in [0.05, 0.1) is 6.54 Å². The highest BCUT2D eigenvalue weighted by molar-refractivity contribution is 8.00. The van der Waals surface area contributed by atoms with E-state index in [4.69, 9.17) is 0 Å². The van der Waals surface area contributed by atoms with Crippen LogP contribution in [0.4, 0.5) is 13.2 Å². The molecule has 0 aliphatic carbocycles. The summed E-state index contributed by atoms with van der Waals surface area (Å²) in [6.07, 6.45) is 3.48. The molecule has 1 N–H and O–H groups in total. The first-order valence-corrected chi connectivity index (χ1v) is 5.45. The van der Waals surface area contributed by atoms with Gasteiger partial charge in [-0.3, -0.25) is 4.68 Å². The lowest BCUT2D eigenvalue weighted by molar-refractivity contribution is -0.0327. The van der Waals surface area contributed by atoms with E-state index >= 15 is 0 Å². The molecular weight excluding hydrogens is 227 g/mol. The second-order valence-electron chi connectivity index (χ2n) is 2.81. The summed E-state index contributed by atoms with van der Waals surface area (Å²) in [5, 5.41) is 6.88. The zero-order chi connectivity index (χ0) is 11.1. The van der Waals surface area contributed by atoms with Gasteiger partial charge in [-0.1, -0.05) is 0 Å². The summed E-state index contributed by atoms with van der Waals surface area (Å²) < 4.78 is 36.9. The van der Waals surface area contributed by atoms with Gasteiger partial charge >= 0.3 is 5.51 Å². The number of thioether (sulfide) groups is 1. The van der Waals surface area contributed by atoms with E-state index in [2.05, 4.69) is 10.4 Å². The van der Waals surface area contributed by atoms with Crippen LogP contribution in [0.5, 0.6) is 0 Å². The zero-order valence-corrected chi connectivity index (χ0v) is 8.81. The Morgan fingerprint density at radius 3 is 2.73 bits per heavy atom. The molecule has 3 nitrogen and oxygen atoms in total. The Labute approximate surface area is 90.0 Å². The molecule has 0 aliphatic heterocycles. The first-order chi connectivity index (χ1) is 7.08. The molecule has 0 aliphatic rings. The van der Waals surface area contributed by atoms with Crippen molar-refractivity contribution in [1.82, 2.24) is 15.1 Å². The van der Waals surface area contributed by atoms with Crippen molar-refractivity contribution in [3.63, 3.8) is 0 Å². The number of rotatable bonds is 6. The quantitative estimate of drug-likeness (QED) is 0.767. The number of aromatic nitrogens is 2. The normalized spacial score (nSPS) is 11.9. The molecule has 0 radical (unpaired) electrons. The molecule has 1 rings (SSSR count). The van der Waals surface area contributed by atoms with Gasteiger partial charge in [-0.25, -0.2) is 0 Å². The highest BCUT2D eigenvalue weighted by Crippen LogP contribution is 2.29. The minimum Gasteiger partial charge on any atom is -0.314 e. The molecule has 0 aromatic carbocycles. The van der Waals surface area contributed by atoms with E-state index in [9.17, 15) is 13.2 Å². The predicted octanol–water partition coefficient (Wildman–Crippen LogP) is 1.73. The largest absolute Gasteiger partial charge is 0.441 e. The lowest BCUT2D eigenvalue weighted by Gasteiger charge is -2.06. The van der Waals surface area contributed by atoms with E-state index in [1.807, 2.05) is 6.20 Å². The monoisotopic (exact) mass is 239 g/mol. The topological polar surface area (TPSA) is 29.9 Å². The van der Waals surface area contributed by atoms with Gasteiger partial charge in [0.25, 0.3) is 0 Å². The summed E-state index contributed by atoms with van der Waals surface area (Å²) in [6, 6.07) is 1.81. The van der Waals surface area contributed by atoms with Crippen molar-refractivity contribution >= 4 is 11.8 Å². The Kier molecular flexibility index (Phi) is 4.97. The Bertz CT molecular complexity index is 261. The van der Waals surface area contributed by atoms with E-state index in [0.29, 0.717) is 19.6 Å². The summed E-state index contributed by atoms with van der Waals surface area (Å²) in [5.41, 5.74) is -4.12. The van der Waals surface area contributed by atoms with Crippen molar-refractivity contribution in [2.45, 2.75) is 12.1 Å². The Morgan fingerprint density at radius 1 is 1.33 bits per heavy atom. The summed E-state index contributed by atoms with van der Waals surface area (Å²) in [7, 11) is 0. The summed E-state index contributed by atoms with van der Waals surface area (Å²) in [6.45, 7) is 1.65. The maximum Gasteiger partial charge on any atom is 0.441 e. The zero-order valence-electron chi connectivity index (χ0n) is 8.00. The third kappa shape index (κ3) is 6.40. The average molecular weight is 239 g/mol. The molecule has 1 heterocycles. The Hall–Kier alpha value is -0.690. The van der Waals surface area contributed by atoms with Crippen LogP contribution in [0.15, 0.2) is 18.5 Å². The molecule has 86 valence electrons. The molecule has 0 unspecified atom stereocenters. The van der Waals surface area contributed by atoms with Crippen molar-refractivity contribution in [3.05, 3.63) is 18.5 Å². The fourth-order valence-electron chi connectivity index (χ4n) is 0.990. The molecule has 7 heteroatoms. The van der Waals surface area contributed by atoms with Gasteiger partial charge < -0.3 is 5.32 Å². The van der Waals surface area contributed by atoms with Crippen LogP contribution < -0.4 is 5.32 Å². The minimum atomic E-state index is -4.12. The van der Waals surface area contributed by atoms with Crippen molar-refractivity contribution in [3.8, 4) is 0 Å². The van der Waals surface area contributed by atoms with E-state index in [1.54, 1.807) is 16.9 Å². The summed E-state index contributed by atoms with van der Waals surface area (Å²) in [5.74, 6) is 0.0443. The molecule has 0 amide bonds. The molecule has 1 aromatic heterocycles. The third-order valence-electron chi connectivity index (χ3n) is 1.62. The maximum atomic E-state index is 11.7. The van der Waals surface area contributed by atoms with Gasteiger partial charge in [0.2, 0.25) is 0 Å². The maximum absolute atomic E-state index is 11.7. The van der Waals surface area contributed by atoms with E-state index in [-0.39, 0.29) is 17.5 Å². The first kappa shape index (κ1) is 12.4. The van der Waals surface area contributed by atoms with Gasteiger partial charge in [0.1, 0.15) is 0 Å². The Balaban J connectivity index is 1.94. The Morgan fingerprint density at radius 2 is 2.13 bits per heavy atom. The molecule has 0 bridgehead atoms. The molecule has 0 saturated heterocycles. The van der Waals surface area contributed by atoms with Crippen molar-refractivity contribution in [2.24, 2.45) is 0 Å². The highest BCUT2D eigenvalue weighted by atomic mass is 32.2. The van der Waals surface area contributed by atoms with Crippen LogP contribution in [0, 0.1) is 0 Å². The van der Waals surface area contributed by atoms with Crippen LogP contribution in [0.25, 0.3) is 0 Å². The summed E-state index contributed by atoms with van der Waals surface area (Å²) >= 11 is -0.00344. The van der Waals surface area contributed by atoms with Crippen LogP contribution in [-0.4, -0.2) is 34.1 Å². The van der Waals surface area contributed by atoms with Crippen LogP contribution in [-0.2, 0) is 6.54 Å². The highest BCUT2D eigenvalue weighted by Gasteiger charge is 2.27. The molecule has 0 spiro atoms. The molecule has 15 heavy (non-hydrogen) atoms. The molecule has 1 aromatic rings. The van der Waals surface area contributed by atoms with Gasteiger partial charge in [-0.15, -0.1) is 0 Å². The van der Waals surface area contributed by atoms with E-state index < -0.39 is 5.51 Å². The number of alkyl halides is 3. The number of hydrogen-bond acceptors (Lipinski definition) is 3. The smallest absolute Gasteiger partial charge is 0.314 e. The van der Waals surface area contributed by atoms with Gasteiger partial charge in [-0.2, -0.15) is 18.3 Å². The third-order valence-corrected chi connectivity index (χ3v) is 2.36. The number of nitrogens with one attached hydrogen (secondary N) is 1. The standard InChI is InChI=1S/C8H12F3N3S/c9-8(10,11)15-7-4-12-3-6-14-5-1-2-13-14/h1-2,5,12H,3-4,6-7H2. The number of halogens is 3. The SMILES string of the molecule is FC(F)(F)SCCNCCn1cccn1. The van der Waals surface area contributed by atoms with Crippen LogP contribution in [0.3, 0.4) is 0 Å². The number of nitrogens with zero attached hydrogens (tertiary/aromatic N) is 2.